The van der Waals surface area contributed by atoms with Crippen molar-refractivity contribution in [1.29, 1.82) is 0 Å². The second kappa shape index (κ2) is 6.84. The highest BCUT2D eigenvalue weighted by atomic mass is 16.5. The Balaban J connectivity index is 1.31. The second-order valence-electron chi connectivity index (χ2n) is 6.63. The number of rotatable bonds is 6. The van der Waals surface area contributed by atoms with Crippen LogP contribution in [0.4, 0.5) is 0 Å². The molecule has 5 heteroatoms. The molecule has 1 aromatic rings. The maximum absolute atomic E-state index is 12.1. The molecule has 0 spiro atoms. The minimum Gasteiger partial charge on any atom is -0.469 e. The normalized spacial score (nSPS) is 31.9. The smallest absolute Gasteiger partial charge is 0.223 e. The molecule has 122 valence electrons. The zero-order valence-corrected chi connectivity index (χ0v) is 13.5. The van der Waals surface area contributed by atoms with Crippen LogP contribution in [0.25, 0.3) is 0 Å². The highest BCUT2D eigenvalue weighted by Crippen LogP contribution is 2.47. The van der Waals surface area contributed by atoms with Crippen LogP contribution in [0.5, 0.6) is 0 Å². The fourth-order valence-electron chi connectivity index (χ4n) is 3.41. The van der Waals surface area contributed by atoms with Crippen LogP contribution in [-0.2, 0) is 9.53 Å². The molecule has 1 aromatic heterocycles. The molecule has 0 bridgehead atoms. The summed E-state index contributed by atoms with van der Waals surface area (Å²) in [6.45, 7) is 7.98. The van der Waals surface area contributed by atoms with Crippen molar-refractivity contribution in [3.8, 4) is 0 Å². The van der Waals surface area contributed by atoms with Gasteiger partial charge in [-0.05, 0) is 38.8 Å². The van der Waals surface area contributed by atoms with Crippen molar-refractivity contribution in [2.75, 3.05) is 26.2 Å². The first-order chi connectivity index (χ1) is 10.6. The summed E-state index contributed by atoms with van der Waals surface area (Å²) in [4.78, 5) is 14.5. The van der Waals surface area contributed by atoms with Crippen molar-refractivity contribution in [3.63, 3.8) is 0 Å². The molecule has 1 amide bonds. The van der Waals surface area contributed by atoms with Gasteiger partial charge in [0.1, 0.15) is 5.76 Å². The van der Waals surface area contributed by atoms with Gasteiger partial charge < -0.3 is 14.5 Å². The SMILES string of the molecule is CC1CN(CCCNC(=O)C2CC2c2ccco2)CC(C)O1. The third-order valence-electron chi connectivity index (χ3n) is 4.48. The number of nitrogens with zero attached hydrogens (tertiary/aromatic N) is 1. The molecule has 22 heavy (non-hydrogen) atoms. The second-order valence-corrected chi connectivity index (χ2v) is 6.63. The van der Waals surface area contributed by atoms with E-state index in [4.69, 9.17) is 9.15 Å². The van der Waals surface area contributed by atoms with E-state index in [0.29, 0.717) is 12.2 Å². The first-order valence-electron chi connectivity index (χ1n) is 8.32. The molecule has 1 saturated heterocycles. The van der Waals surface area contributed by atoms with Gasteiger partial charge in [0.15, 0.2) is 0 Å². The van der Waals surface area contributed by atoms with Crippen LogP contribution in [0, 0.1) is 5.92 Å². The molecule has 5 nitrogen and oxygen atoms in total. The van der Waals surface area contributed by atoms with Gasteiger partial charge in [-0.1, -0.05) is 0 Å². The molecule has 4 unspecified atom stereocenters. The van der Waals surface area contributed by atoms with Gasteiger partial charge in [0, 0.05) is 38.0 Å². The van der Waals surface area contributed by atoms with Crippen molar-refractivity contribution in [2.24, 2.45) is 5.92 Å². The van der Waals surface area contributed by atoms with Crippen molar-refractivity contribution in [2.45, 2.75) is 44.8 Å². The fourth-order valence-corrected chi connectivity index (χ4v) is 3.41. The van der Waals surface area contributed by atoms with E-state index in [1.807, 2.05) is 12.1 Å². The summed E-state index contributed by atoms with van der Waals surface area (Å²) >= 11 is 0. The molecule has 1 N–H and O–H groups in total. The lowest BCUT2D eigenvalue weighted by Gasteiger charge is -2.35. The van der Waals surface area contributed by atoms with Crippen LogP contribution in [0.3, 0.4) is 0 Å². The van der Waals surface area contributed by atoms with E-state index in [1.54, 1.807) is 6.26 Å². The summed E-state index contributed by atoms with van der Waals surface area (Å²) in [6, 6.07) is 3.84. The first kappa shape index (κ1) is 15.6. The van der Waals surface area contributed by atoms with Crippen LogP contribution in [0.2, 0.25) is 0 Å². The number of nitrogens with one attached hydrogen (secondary N) is 1. The van der Waals surface area contributed by atoms with Gasteiger partial charge in [0.25, 0.3) is 0 Å². The van der Waals surface area contributed by atoms with E-state index in [9.17, 15) is 4.79 Å². The van der Waals surface area contributed by atoms with Gasteiger partial charge in [-0.3, -0.25) is 9.69 Å². The molecule has 1 saturated carbocycles. The lowest BCUT2D eigenvalue weighted by atomic mass is 10.2. The summed E-state index contributed by atoms with van der Waals surface area (Å²) in [6.07, 6.45) is 4.19. The zero-order chi connectivity index (χ0) is 15.5. The molecule has 1 aliphatic carbocycles. The average Bonchev–Trinajstić information content (AvgIpc) is 3.08. The summed E-state index contributed by atoms with van der Waals surface area (Å²) in [5.41, 5.74) is 0. The first-order valence-corrected chi connectivity index (χ1v) is 8.32. The number of furan rings is 1. The van der Waals surface area contributed by atoms with Crippen LogP contribution in [0.1, 0.15) is 38.4 Å². The zero-order valence-electron chi connectivity index (χ0n) is 13.5. The van der Waals surface area contributed by atoms with Gasteiger partial charge in [0.05, 0.1) is 18.5 Å². The molecule has 3 rings (SSSR count). The molecular weight excluding hydrogens is 280 g/mol. The Kier molecular flexibility index (Phi) is 4.84. The number of hydrogen-bond donors (Lipinski definition) is 1. The van der Waals surface area contributed by atoms with Gasteiger partial charge >= 0.3 is 0 Å². The molecule has 2 fully saturated rings. The largest absolute Gasteiger partial charge is 0.469 e. The average molecular weight is 306 g/mol. The van der Waals surface area contributed by atoms with Gasteiger partial charge in [-0.25, -0.2) is 0 Å². The Morgan fingerprint density at radius 2 is 2.14 bits per heavy atom. The number of morpholine rings is 1. The lowest BCUT2D eigenvalue weighted by molar-refractivity contribution is -0.122. The standard InChI is InChI=1S/C17H26N2O3/c1-12-10-19(11-13(2)22-12)7-4-6-18-17(20)15-9-14(15)16-5-3-8-21-16/h3,5,8,12-15H,4,6-7,9-11H2,1-2H3,(H,18,20). The Morgan fingerprint density at radius 1 is 1.36 bits per heavy atom. The third kappa shape index (κ3) is 3.90. The predicted octanol–water partition coefficient (Wildman–Crippen LogP) is 2.00. The van der Waals surface area contributed by atoms with E-state index < -0.39 is 0 Å². The van der Waals surface area contributed by atoms with E-state index in [0.717, 1.165) is 44.8 Å². The topological polar surface area (TPSA) is 54.7 Å². The van der Waals surface area contributed by atoms with E-state index in [-0.39, 0.29) is 17.7 Å². The maximum atomic E-state index is 12.1. The Labute approximate surface area is 132 Å². The van der Waals surface area contributed by atoms with Crippen molar-refractivity contribution >= 4 is 5.91 Å². The number of carbonyl (C=O) groups is 1. The summed E-state index contributed by atoms with van der Waals surface area (Å²) in [7, 11) is 0. The molecule has 2 aliphatic rings. The Morgan fingerprint density at radius 3 is 2.82 bits per heavy atom. The van der Waals surface area contributed by atoms with Crippen LogP contribution < -0.4 is 5.32 Å². The fraction of sp³-hybridized carbons (Fsp3) is 0.706. The highest BCUT2D eigenvalue weighted by molar-refractivity contribution is 5.82. The van der Waals surface area contributed by atoms with E-state index in [2.05, 4.69) is 24.1 Å². The molecule has 4 atom stereocenters. The molecule has 1 aliphatic heterocycles. The van der Waals surface area contributed by atoms with Crippen molar-refractivity contribution < 1.29 is 13.9 Å². The lowest BCUT2D eigenvalue weighted by Crippen LogP contribution is -2.46. The number of amides is 1. The maximum Gasteiger partial charge on any atom is 0.223 e. The highest BCUT2D eigenvalue weighted by Gasteiger charge is 2.45. The third-order valence-corrected chi connectivity index (χ3v) is 4.48. The summed E-state index contributed by atoms with van der Waals surface area (Å²) < 4.78 is 11.1. The van der Waals surface area contributed by atoms with Gasteiger partial charge in [-0.15, -0.1) is 0 Å². The summed E-state index contributed by atoms with van der Waals surface area (Å²) in [5, 5.41) is 3.06. The van der Waals surface area contributed by atoms with Gasteiger partial charge in [-0.2, -0.15) is 0 Å². The predicted molar refractivity (Wildman–Crippen MR) is 83.6 cm³/mol. The van der Waals surface area contributed by atoms with Crippen molar-refractivity contribution in [1.82, 2.24) is 10.2 Å². The van der Waals surface area contributed by atoms with Crippen LogP contribution in [0.15, 0.2) is 22.8 Å². The number of carbonyl (C=O) groups excluding carboxylic acids is 1. The molecular formula is C17H26N2O3. The van der Waals surface area contributed by atoms with Crippen LogP contribution >= 0.6 is 0 Å². The van der Waals surface area contributed by atoms with Crippen molar-refractivity contribution in [3.05, 3.63) is 24.2 Å². The summed E-state index contributed by atoms with van der Waals surface area (Å²) in [5.74, 6) is 1.51. The minimum absolute atomic E-state index is 0.106. The van der Waals surface area contributed by atoms with Gasteiger partial charge in [0.2, 0.25) is 5.91 Å². The van der Waals surface area contributed by atoms with Crippen LogP contribution in [-0.4, -0.2) is 49.2 Å². The molecule has 2 heterocycles. The quantitative estimate of drug-likeness (QED) is 0.817. The monoisotopic (exact) mass is 306 g/mol. The Bertz CT molecular complexity index is 478. The molecule has 0 aromatic carbocycles. The minimum atomic E-state index is 0.106. The molecule has 0 radical (unpaired) electrons. The van der Waals surface area contributed by atoms with E-state index >= 15 is 0 Å². The number of hydrogen-bond acceptors (Lipinski definition) is 4. The Hall–Kier alpha value is -1.33. The van der Waals surface area contributed by atoms with E-state index in [1.165, 1.54) is 0 Å². The number of ether oxygens (including phenoxy) is 1.